The lowest BCUT2D eigenvalue weighted by Crippen LogP contribution is -2.45. The van der Waals surface area contributed by atoms with E-state index in [-0.39, 0.29) is 18.5 Å². The predicted octanol–water partition coefficient (Wildman–Crippen LogP) is 22.4. The molecule has 0 aliphatic rings. The minimum Gasteiger partial charge on any atom is -0.466 e. The Bertz CT molecular complexity index is 1140. The summed E-state index contributed by atoms with van der Waals surface area (Å²) in [6, 6.07) is -0.540. The molecule has 1 amide bonds. The Morgan fingerprint density at radius 3 is 0.934 bits per heavy atom. The van der Waals surface area contributed by atoms with Gasteiger partial charge in [-0.3, -0.25) is 9.59 Å². The fourth-order valence-electron chi connectivity index (χ4n) is 11.2. The predicted molar refractivity (Wildman–Crippen MR) is 333 cm³/mol. The van der Waals surface area contributed by atoms with Crippen molar-refractivity contribution in [3.63, 3.8) is 0 Å². The maximum atomic E-state index is 12.5. The van der Waals surface area contributed by atoms with E-state index >= 15 is 0 Å². The lowest BCUT2D eigenvalue weighted by Gasteiger charge is -2.22. The number of ether oxygens (including phenoxy) is 1. The largest absolute Gasteiger partial charge is 0.466 e. The molecule has 0 aliphatic heterocycles. The number of esters is 1. The van der Waals surface area contributed by atoms with Crippen LogP contribution in [-0.2, 0) is 14.3 Å². The second-order valence-corrected chi connectivity index (χ2v) is 24.2. The van der Waals surface area contributed by atoms with Crippen LogP contribution in [0.1, 0.15) is 399 Å². The molecule has 0 saturated carbocycles. The van der Waals surface area contributed by atoms with Crippen LogP contribution in [0.25, 0.3) is 0 Å². The van der Waals surface area contributed by atoms with Crippen molar-refractivity contribution in [1.82, 2.24) is 5.32 Å². The maximum absolute atomic E-state index is 12.5. The number of aliphatic hydroxyl groups excluding tert-OH is 2. The summed E-state index contributed by atoms with van der Waals surface area (Å²) in [7, 11) is 0. The van der Waals surface area contributed by atoms with E-state index in [4.69, 9.17) is 4.74 Å². The lowest BCUT2D eigenvalue weighted by molar-refractivity contribution is -0.143. The Morgan fingerprint density at radius 2 is 0.618 bits per heavy atom. The van der Waals surface area contributed by atoms with Gasteiger partial charge in [0.05, 0.1) is 25.4 Å². The highest BCUT2D eigenvalue weighted by Crippen LogP contribution is 2.19. The summed E-state index contributed by atoms with van der Waals surface area (Å²) in [6.07, 6.45) is 81.1. The molecule has 0 rings (SSSR count). The van der Waals surface area contributed by atoms with Crippen molar-refractivity contribution < 1.29 is 24.5 Å². The summed E-state index contributed by atoms with van der Waals surface area (Å²) < 4.78 is 5.51. The van der Waals surface area contributed by atoms with Gasteiger partial charge in [0.1, 0.15) is 0 Å². The van der Waals surface area contributed by atoms with Crippen LogP contribution < -0.4 is 5.32 Å². The van der Waals surface area contributed by atoms with E-state index < -0.39 is 12.1 Å². The zero-order valence-corrected chi connectivity index (χ0v) is 51.8. The normalized spacial score (nSPS) is 12.5. The summed E-state index contributed by atoms with van der Waals surface area (Å²) >= 11 is 0. The van der Waals surface area contributed by atoms with Crippen molar-refractivity contribution in [2.24, 2.45) is 0 Å². The molecule has 0 aromatic carbocycles. The van der Waals surface area contributed by atoms with Gasteiger partial charge >= 0.3 is 5.97 Å². The Labute approximate surface area is 476 Å². The van der Waals surface area contributed by atoms with Crippen LogP contribution in [0.15, 0.2) is 12.2 Å². The van der Waals surface area contributed by atoms with Gasteiger partial charge in [-0.25, -0.2) is 0 Å². The molecule has 452 valence electrons. The highest BCUT2D eigenvalue weighted by atomic mass is 16.5. The zero-order chi connectivity index (χ0) is 55.0. The van der Waals surface area contributed by atoms with Crippen molar-refractivity contribution in [1.29, 1.82) is 0 Å². The van der Waals surface area contributed by atoms with Gasteiger partial charge < -0.3 is 20.3 Å². The quantitative estimate of drug-likeness (QED) is 0.0320. The number of hydrogen-bond donors (Lipinski definition) is 3. The van der Waals surface area contributed by atoms with Gasteiger partial charge in [0.25, 0.3) is 0 Å². The van der Waals surface area contributed by atoms with Gasteiger partial charge in [0.2, 0.25) is 5.91 Å². The van der Waals surface area contributed by atoms with Crippen LogP contribution in [0.3, 0.4) is 0 Å². The Kier molecular flexibility index (Phi) is 64.9. The minimum absolute atomic E-state index is 0.0146. The molecule has 0 spiro atoms. The lowest BCUT2D eigenvalue weighted by atomic mass is 10.0. The van der Waals surface area contributed by atoms with Gasteiger partial charge in [-0.2, -0.15) is 0 Å². The number of unbranched alkanes of at least 4 members (excludes halogenated alkanes) is 53. The average Bonchev–Trinajstić information content (AvgIpc) is 3.42. The second-order valence-electron chi connectivity index (χ2n) is 24.2. The van der Waals surface area contributed by atoms with Crippen LogP contribution in [0.5, 0.6) is 0 Å². The first-order chi connectivity index (χ1) is 37.5. The first-order valence-electron chi connectivity index (χ1n) is 34.9. The highest BCUT2D eigenvalue weighted by molar-refractivity contribution is 5.76. The molecule has 0 aliphatic carbocycles. The summed E-state index contributed by atoms with van der Waals surface area (Å²) in [5.74, 6) is -0.0151. The van der Waals surface area contributed by atoms with E-state index in [9.17, 15) is 19.8 Å². The van der Waals surface area contributed by atoms with Crippen molar-refractivity contribution >= 4 is 11.9 Å². The molecule has 0 bridgehead atoms. The second kappa shape index (κ2) is 66.1. The molecule has 3 N–H and O–H groups in total. The third kappa shape index (κ3) is 61.8. The van der Waals surface area contributed by atoms with Crippen LogP contribution >= 0.6 is 0 Å². The number of nitrogens with one attached hydrogen (secondary N) is 1. The van der Waals surface area contributed by atoms with Crippen molar-refractivity contribution in [2.75, 3.05) is 13.2 Å². The fourth-order valence-corrected chi connectivity index (χ4v) is 11.2. The van der Waals surface area contributed by atoms with Crippen LogP contribution in [0.2, 0.25) is 0 Å². The number of carbonyl (C=O) groups excluding carboxylic acids is 2. The number of rotatable bonds is 66. The zero-order valence-electron chi connectivity index (χ0n) is 51.8. The van der Waals surface area contributed by atoms with Crippen LogP contribution in [0.4, 0.5) is 0 Å². The molecular weight excluding hydrogens is 935 g/mol. The number of allylic oxidation sites excluding steroid dienone is 2. The SMILES string of the molecule is CCCCCCCCC/C=C\CCCCCCCCCC(=O)OCCCCCCCCCCCCCCCCCCCCCCCCCCCC(=O)NC(CO)C(O)CCCCCCCCCCCCCCCCCC. The minimum atomic E-state index is -0.662. The average molecular weight is 1070 g/mol. The molecule has 76 heavy (non-hydrogen) atoms. The van der Waals surface area contributed by atoms with Gasteiger partial charge in [0.15, 0.2) is 0 Å². The molecule has 0 aromatic rings. The Morgan fingerprint density at radius 1 is 0.355 bits per heavy atom. The molecule has 0 saturated heterocycles. The van der Waals surface area contributed by atoms with Crippen LogP contribution in [-0.4, -0.2) is 47.4 Å². The maximum Gasteiger partial charge on any atom is 0.305 e. The topological polar surface area (TPSA) is 95.9 Å². The summed E-state index contributed by atoms with van der Waals surface area (Å²) in [5, 5.41) is 23.3. The number of hydrogen-bond acceptors (Lipinski definition) is 5. The molecule has 0 heterocycles. The van der Waals surface area contributed by atoms with Gasteiger partial charge in [0, 0.05) is 12.8 Å². The third-order valence-corrected chi connectivity index (χ3v) is 16.6. The molecule has 2 unspecified atom stereocenters. The Hall–Kier alpha value is -1.40. The van der Waals surface area contributed by atoms with Crippen molar-refractivity contribution in [3.8, 4) is 0 Å². The number of carbonyl (C=O) groups is 2. The summed E-state index contributed by atoms with van der Waals surface area (Å²) in [4.78, 5) is 24.6. The van der Waals surface area contributed by atoms with E-state index in [1.165, 1.54) is 321 Å². The van der Waals surface area contributed by atoms with Crippen molar-refractivity contribution in [2.45, 2.75) is 411 Å². The van der Waals surface area contributed by atoms with Gasteiger partial charge in [-0.1, -0.05) is 347 Å². The molecular formula is C70H137NO5. The van der Waals surface area contributed by atoms with E-state index in [0.29, 0.717) is 25.9 Å². The molecule has 0 aromatic heterocycles. The van der Waals surface area contributed by atoms with E-state index in [1.807, 2.05) is 0 Å². The van der Waals surface area contributed by atoms with E-state index in [1.54, 1.807) is 0 Å². The first-order valence-corrected chi connectivity index (χ1v) is 34.9. The van der Waals surface area contributed by atoms with Gasteiger partial charge in [-0.15, -0.1) is 0 Å². The summed E-state index contributed by atoms with van der Waals surface area (Å²) in [5.41, 5.74) is 0. The first kappa shape index (κ1) is 74.6. The smallest absolute Gasteiger partial charge is 0.305 e. The fraction of sp³-hybridized carbons (Fsp3) is 0.943. The van der Waals surface area contributed by atoms with Crippen molar-refractivity contribution in [3.05, 3.63) is 12.2 Å². The molecule has 0 fully saturated rings. The van der Waals surface area contributed by atoms with Gasteiger partial charge in [-0.05, 0) is 51.4 Å². The number of amides is 1. The standard InChI is InChI=1S/C70H137NO5/c1-3-5-7-9-11-13-15-17-19-21-32-36-40-44-48-52-56-60-64-70(75)76-65-61-57-53-49-45-41-37-33-30-28-26-24-22-23-25-27-29-31-35-39-43-47-51-55-59-63-69(74)71-67(66-72)68(73)62-58-54-50-46-42-38-34-20-18-16-14-12-10-8-6-4-2/h19,21,67-68,72-73H,3-18,20,22-66H2,1-2H3,(H,71,74)/b21-19-. The number of aliphatic hydroxyl groups is 2. The molecule has 6 heteroatoms. The molecule has 6 nitrogen and oxygen atoms in total. The van der Waals surface area contributed by atoms with E-state index in [2.05, 4.69) is 31.3 Å². The monoisotopic (exact) mass is 1070 g/mol. The Balaban J connectivity index is 3.34. The molecule has 2 atom stereocenters. The van der Waals surface area contributed by atoms with Crippen LogP contribution in [0, 0.1) is 0 Å². The highest BCUT2D eigenvalue weighted by Gasteiger charge is 2.20. The van der Waals surface area contributed by atoms with E-state index in [0.717, 1.165) is 44.9 Å². The summed E-state index contributed by atoms with van der Waals surface area (Å²) in [6.45, 7) is 4.99. The third-order valence-electron chi connectivity index (χ3n) is 16.6. The molecule has 0 radical (unpaired) electrons.